The summed E-state index contributed by atoms with van der Waals surface area (Å²) in [6.45, 7) is 7.21. The average Bonchev–Trinajstić information content (AvgIpc) is 3.38. The number of piperidine rings is 3. The number of nitrogens with zero attached hydrogens (tertiary/aromatic N) is 3. The Labute approximate surface area is 213 Å². The lowest BCUT2D eigenvalue weighted by atomic mass is 9.80. The van der Waals surface area contributed by atoms with Crippen molar-refractivity contribution in [3.8, 4) is 0 Å². The number of alkyl halides is 3. The number of rotatable bonds is 7. The summed E-state index contributed by atoms with van der Waals surface area (Å²) in [5.74, 6) is 0.702. The van der Waals surface area contributed by atoms with E-state index in [4.69, 9.17) is 9.47 Å². The van der Waals surface area contributed by atoms with E-state index in [0.29, 0.717) is 41.7 Å². The van der Waals surface area contributed by atoms with E-state index in [-0.39, 0.29) is 17.9 Å². The van der Waals surface area contributed by atoms with E-state index in [1.807, 2.05) is 0 Å². The maximum absolute atomic E-state index is 13.3. The van der Waals surface area contributed by atoms with Crippen molar-refractivity contribution in [2.45, 2.75) is 63.6 Å². The molecule has 2 bridgehead atoms. The summed E-state index contributed by atoms with van der Waals surface area (Å²) >= 11 is 0. The van der Waals surface area contributed by atoms with Crippen molar-refractivity contribution in [1.82, 2.24) is 20.2 Å². The Bertz CT molecular complexity index is 1130. The minimum atomic E-state index is -4.44. The van der Waals surface area contributed by atoms with Crippen molar-refractivity contribution in [2.24, 2.45) is 0 Å². The third-order valence-corrected chi connectivity index (χ3v) is 7.51. The van der Waals surface area contributed by atoms with Gasteiger partial charge in [-0.15, -0.1) is 0 Å². The van der Waals surface area contributed by atoms with Crippen LogP contribution >= 0.6 is 0 Å². The van der Waals surface area contributed by atoms with Crippen LogP contribution in [0.2, 0.25) is 0 Å². The summed E-state index contributed by atoms with van der Waals surface area (Å²) in [4.78, 5) is 24.7. The Morgan fingerprint density at radius 2 is 1.84 bits per heavy atom. The Hall–Kier alpha value is -2.76. The molecule has 0 spiro atoms. The normalized spacial score (nSPS) is 24.7. The number of halogens is 3. The highest BCUT2D eigenvalue weighted by atomic mass is 19.4. The molecule has 5 heterocycles. The predicted octanol–water partition coefficient (Wildman–Crippen LogP) is 3.92. The van der Waals surface area contributed by atoms with Crippen LogP contribution in [0.5, 0.6) is 0 Å². The number of amides is 1. The number of carbonyl (C=O) groups is 1. The van der Waals surface area contributed by atoms with Crippen LogP contribution < -0.4 is 10.6 Å². The summed E-state index contributed by atoms with van der Waals surface area (Å²) in [7, 11) is 0. The van der Waals surface area contributed by atoms with Gasteiger partial charge in [0.2, 0.25) is 5.91 Å². The summed E-state index contributed by atoms with van der Waals surface area (Å²) in [5, 5.41) is 6.51. The first-order valence-electron chi connectivity index (χ1n) is 12.7. The smallest absolute Gasteiger partial charge is 0.363 e. The number of fused-ring (bicyclic) bond motifs is 3. The standard InChI is InChI=1S/C26H32F3N5O3/c1-16(18-4-3-5-19(14-18)26(27,28)29)30-23-22(24-36-12-13-37-24)20(31-17(2)32-23)15-21(35)33-25-6-9-34(10-7-25)11-8-25/h3-5,14,16,24H,6-13,15H2,1-2H3,(H,33,35)(H,30,31,32)/t16-/m1/s1. The van der Waals surface area contributed by atoms with Crippen molar-refractivity contribution in [3.63, 3.8) is 0 Å². The van der Waals surface area contributed by atoms with E-state index in [2.05, 4.69) is 25.5 Å². The highest BCUT2D eigenvalue weighted by Crippen LogP contribution is 2.36. The molecule has 6 rings (SSSR count). The van der Waals surface area contributed by atoms with Crippen molar-refractivity contribution in [3.05, 3.63) is 52.5 Å². The van der Waals surface area contributed by atoms with Crippen molar-refractivity contribution in [2.75, 3.05) is 38.2 Å². The minimum Gasteiger partial charge on any atom is -0.363 e. The van der Waals surface area contributed by atoms with Gasteiger partial charge < -0.3 is 25.0 Å². The van der Waals surface area contributed by atoms with Gasteiger partial charge in [-0.25, -0.2) is 9.97 Å². The molecule has 4 aliphatic rings. The van der Waals surface area contributed by atoms with Crippen molar-refractivity contribution in [1.29, 1.82) is 0 Å². The Kier molecular flexibility index (Phi) is 7.12. The molecule has 0 unspecified atom stereocenters. The molecule has 1 atom stereocenters. The van der Waals surface area contributed by atoms with Gasteiger partial charge in [0.05, 0.1) is 36.5 Å². The number of benzene rings is 1. The fourth-order valence-electron chi connectivity index (χ4n) is 5.44. The molecule has 4 fully saturated rings. The topological polar surface area (TPSA) is 88.6 Å². The summed E-state index contributed by atoms with van der Waals surface area (Å²) < 4.78 is 51.3. The zero-order chi connectivity index (χ0) is 26.2. The molecule has 200 valence electrons. The van der Waals surface area contributed by atoms with E-state index in [9.17, 15) is 18.0 Å². The molecule has 37 heavy (non-hydrogen) atoms. The first kappa shape index (κ1) is 25.9. The molecular weight excluding hydrogens is 487 g/mol. The molecule has 8 nitrogen and oxygen atoms in total. The van der Waals surface area contributed by atoms with E-state index >= 15 is 0 Å². The van der Waals surface area contributed by atoms with Crippen LogP contribution in [0.1, 0.15) is 66.7 Å². The number of anilines is 1. The fourth-order valence-corrected chi connectivity index (χ4v) is 5.44. The zero-order valence-electron chi connectivity index (χ0n) is 21.0. The van der Waals surface area contributed by atoms with Gasteiger partial charge >= 0.3 is 6.18 Å². The number of hydrogen-bond donors (Lipinski definition) is 2. The first-order valence-corrected chi connectivity index (χ1v) is 12.7. The Morgan fingerprint density at radius 1 is 1.16 bits per heavy atom. The molecule has 4 aliphatic heterocycles. The van der Waals surface area contributed by atoms with Crippen molar-refractivity contribution >= 4 is 11.7 Å². The average molecular weight is 520 g/mol. The number of ether oxygens (including phenoxy) is 2. The number of nitrogens with one attached hydrogen (secondary N) is 2. The second kappa shape index (κ2) is 10.2. The van der Waals surface area contributed by atoms with Crippen LogP contribution in [0.4, 0.5) is 19.0 Å². The summed E-state index contributed by atoms with van der Waals surface area (Å²) in [5.41, 5.74) is 0.555. The third-order valence-electron chi connectivity index (χ3n) is 7.51. The first-order chi connectivity index (χ1) is 17.6. The Morgan fingerprint density at radius 3 is 2.49 bits per heavy atom. The quantitative estimate of drug-likeness (QED) is 0.573. The zero-order valence-corrected chi connectivity index (χ0v) is 21.0. The van der Waals surface area contributed by atoms with Crippen LogP contribution in [0.15, 0.2) is 24.3 Å². The SMILES string of the molecule is Cc1nc(CC(=O)NC23CCN(CC2)CC3)c(C2OCCO2)c(N[C@H](C)c2cccc(C(F)(F)F)c2)n1. The number of carbonyl (C=O) groups excluding carboxylic acids is 1. The van der Waals surface area contributed by atoms with Crippen LogP contribution in [-0.2, 0) is 26.9 Å². The lowest BCUT2D eigenvalue weighted by Crippen LogP contribution is -2.61. The fraction of sp³-hybridized carbons (Fsp3) is 0.577. The molecule has 0 saturated carbocycles. The molecule has 1 amide bonds. The van der Waals surface area contributed by atoms with Gasteiger partial charge in [-0.3, -0.25) is 4.79 Å². The molecule has 11 heteroatoms. The van der Waals surface area contributed by atoms with Gasteiger partial charge in [0.25, 0.3) is 0 Å². The summed E-state index contributed by atoms with van der Waals surface area (Å²) in [6, 6.07) is 4.67. The lowest BCUT2D eigenvalue weighted by Gasteiger charge is -2.48. The maximum atomic E-state index is 13.3. The maximum Gasteiger partial charge on any atom is 0.416 e. The van der Waals surface area contributed by atoms with Crippen LogP contribution in [0.3, 0.4) is 0 Å². The Balaban J connectivity index is 1.41. The molecule has 2 aromatic rings. The second-order valence-electron chi connectivity index (χ2n) is 10.1. The van der Waals surface area contributed by atoms with Gasteiger partial charge in [-0.2, -0.15) is 13.2 Å². The number of hydrogen-bond acceptors (Lipinski definition) is 7. The monoisotopic (exact) mass is 519 g/mol. The van der Waals surface area contributed by atoms with Crippen molar-refractivity contribution < 1.29 is 27.4 Å². The van der Waals surface area contributed by atoms with E-state index in [1.54, 1.807) is 19.9 Å². The molecule has 0 aliphatic carbocycles. The molecule has 1 aromatic carbocycles. The van der Waals surface area contributed by atoms with Crippen LogP contribution in [0.25, 0.3) is 0 Å². The molecule has 1 aromatic heterocycles. The largest absolute Gasteiger partial charge is 0.416 e. The van der Waals surface area contributed by atoms with Gasteiger partial charge in [-0.05, 0) is 50.8 Å². The molecule has 0 radical (unpaired) electrons. The highest BCUT2D eigenvalue weighted by Gasteiger charge is 2.40. The predicted molar refractivity (Wildman–Crippen MR) is 130 cm³/mol. The number of aryl methyl sites for hydroxylation is 1. The molecule has 4 saturated heterocycles. The second-order valence-corrected chi connectivity index (χ2v) is 10.1. The van der Waals surface area contributed by atoms with Gasteiger partial charge in [0.1, 0.15) is 11.6 Å². The lowest BCUT2D eigenvalue weighted by molar-refractivity contribution is -0.137. The van der Waals surface area contributed by atoms with E-state index in [0.717, 1.165) is 51.0 Å². The van der Waals surface area contributed by atoms with Crippen LogP contribution in [-0.4, -0.2) is 59.2 Å². The van der Waals surface area contributed by atoms with Gasteiger partial charge in [0, 0.05) is 31.2 Å². The van der Waals surface area contributed by atoms with E-state index in [1.165, 1.54) is 6.07 Å². The highest BCUT2D eigenvalue weighted by molar-refractivity contribution is 5.80. The third kappa shape index (κ3) is 5.73. The number of aromatic nitrogens is 2. The minimum absolute atomic E-state index is 0.0278. The summed E-state index contributed by atoms with van der Waals surface area (Å²) in [6.07, 6.45) is -2.37. The van der Waals surface area contributed by atoms with Crippen LogP contribution in [0, 0.1) is 6.92 Å². The van der Waals surface area contributed by atoms with E-state index < -0.39 is 24.1 Å². The van der Waals surface area contributed by atoms with Gasteiger partial charge in [-0.1, -0.05) is 12.1 Å². The molecule has 2 N–H and O–H groups in total. The molecular formula is C26H32F3N5O3. The van der Waals surface area contributed by atoms with Gasteiger partial charge in [0.15, 0.2) is 6.29 Å².